The van der Waals surface area contributed by atoms with Gasteiger partial charge >= 0.3 is 11.9 Å². The van der Waals surface area contributed by atoms with E-state index in [2.05, 4.69) is 11.5 Å². The van der Waals surface area contributed by atoms with Crippen LogP contribution in [0.1, 0.15) is 26.7 Å². The predicted octanol–water partition coefficient (Wildman–Crippen LogP) is 1.11. The van der Waals surface area contributed by atoms with E-state index < -0.39 is 17.5 Å². The van der Waals surface area contributed by atoms with Gasteiger partial charge < -0.3 is 14.6 Å². The zero-order chi connectivity index (χ0) is 17.5. The van der Waals surface area contributed by atoms with Crippen molar-refractivity contribution < 1.29 is 24.2 Å². The van der Waals surface area contributed by atoms with Crippen LogP contribution in [0.2, 0.25) is 0 Å². The zero-order valence-corrected chi connectivity index (χ0v) is 14.1. The normalized spacial score (nSPS) is 36.5. The molecule has 0 radical (unpaired) electrons. The fraction of sp³-hybridized carbons (Fsp3) is 0.556. The molecule has 130 valence electrons. The molecule has 0 aromatic heterocycles. The van der Waals surface area contributed by atoms with E-state index in [0.717, 1.165) is 25.1 Å². The first-order valence-corrected chi connectivity index (χ1v) is 8.21. The SMILES string of the molecule is C=C1CC(=CC)C(=O)OC2CCN3CC=C(COC(=O)[C@]1(C)O)C23. The lowest BCUT2D eigenvalue weighted by Gasteiger charge is -2.28. The van der Waals surface area contributed by atoms with Crippen LogP contribution in [0.4, 0.5) is 0 Å². The number of esters is 2. The Morgan fingerprint density at radius 3 is 2.92 bits per heavy atom. The van der Waals surface area contributed by atoms with Gasteiger partial charge in [-0.25, -0.2) is 9.59 Å². The molecule has 2 unspecified atom stereocenters. The molecule has 3 aliphatic heterocycles. The van der Waals surface area contributed by atoms with Crippen LogP contribution >= 0.6 is 0 Å². The number of nitrogens with zero attached hydrogens (tertiary/aromatic N) is 1. The van der Waals surface area contributed by atoms with Crippen LogP contribution in [0, 0.1) is 0 Å². The number of ether oxygens (including phenoxy) is 2. The third kappa shape index (κ3) is 2.80. The van der Waals surface area contributed by atoms with Crippen molar-refractivity contribution in [3.05, 3.63) is 35.5 Å². The van der Waals surface area contributed by atoms with Crippen molar-refractivity contribution in [1.82, 2.24) is 4.90 Å². The van der Waals surface area contributed by atoms with Crippen LogP contribution in [-0.4, -0.2) is 59.4 Å². The Hall–Kier alpha value is -1.92. The topological polar surface area (TPSA) is 76.1 Å². The Labute approximate surface area is 141 Å². The van der Waals surface area contributed by atoms with E-state index >= 15 is 0 Å². The first-order valence-electron chi connectivity index (χ1n) is 8.21. The molecule has 6 heteroatoms. The number of rotatable bonds is 0. The van der Waals surface area contributed by atoms with Gasteiger partial charge in [-0.2, -0.15) is 0 Å². The molecule has 6 nitrogen and oxygen atoms in total. The third-order valence-corrected chi connectivity index (χ3v) is 5.14. The van der Waals surface area contributed by atoms with Gasteiger partial charge in [0, 0.05) is 25.1 Å². The highest BCUT2D eigenvalue weighted by Crippen LogP contribution is 2.33. The predicted molar refractivity (Wildman–Crippen MR) is 87.0 cm³/mol. The molecule has 1 N–H and O–H groups in total. The minimum atomic E-state index is -1.85. The summed E-state index contributed by atoms with van der Waals surface area (Å²) < 4.78 is 11.1. The van der Waals surface area contributed by atoms with Crippen LogP contribution in [0.3, 0.4) is 0 Å². The number of cyclic esters (lactones) is 1. The van der Waals surface area contributed by atoms with E-state index in [4.69, 9.17) is 9.47 Å². The van der Waals surface area contributed by atoms with Crippen LogP contribution in [0.5, 0.6) is 0 Å². The number of hydrogen-bond donors (Lipinski definition) is 1. The van der Waals surface area contributed by atoms with Gasteiger partial charge in [0.2, 0.25) is 0 Å². The minimum Gasteiger partial charge on any atom is -0.459 e. The Balaban J connectivity index is 1.92. The second kappa shape index (κ2) is 6.18. The molecule has 0 saturated carbocycles. The van der Waals surface area contributed by atoms with E-state index in [9.17, 15) is 14.7 Å². The Morgan fingerprint density at radius 1 is 1.46 bits per heavy atom. The van der Waals surface area contributed by atoms with Crippen molar-refractivity contribution in [2.24, 2.45) is 0 Å². The number of carbonyl (C=O) groups excluding carboxylic acids is 2. The molecule has 3 aliphatic rings. The van der Waals surface area contributed by atoms with Crippen LogP contribution in [-0.2, 0) is 19.1 Å². The Kier molecular flexibility index (Phi) is 4.36. The summed E-state index contributed by atoms with van der Waals surface area (Å²) in [5.41, 5.74) is -0.330. The summed E-state index contributed by atoms with van der Waals surface area (Å²) in [7, 11) is 0. The lowest BCUT2D eigenvalue weighted by atomic mass is 9.91. The van der Waals surface area contributed by atoms with E-state index in [0.29, 0.717) is 5.57 Å². The smallest absolute Gasteiger partial charge is 0.342 e. The summed E-state index contributed by atoms with van der Waals surface area (Å²) in [4.78, 5) is 27.0. The summed E-state index contributed by atoms with van der Waals surface area (Å²) in [6.45, 7) is 8.53. The van der Waals surface area contributed by atoms with Crippen LogP contribution < -0.4 is 0 Å². The quantitative estimate of drug-likeness (QED) is 0.407. The zero-order valence-electron chi connectivity index (χ0n) is 14.1. The Bertz CT molecular complexity index is 646. The van der Waals surface area contributed by atoms with Crippen molar-refractivity contribution in [3.8, 4) is 0 Å². The molecule has 3 heterocycles. The molecule has 0 amide bonds. The summed E-state index contributed by atoms with van der Waals surface area (Å²) in [6, 6.07) is -0.0487. The van der Waals surface area contributed by atoms with Gasteiger partial charge in [-0.3, -0.25) is 4.90 Å². The molecule has 2 fully saturated rings. The van der Waals surface area contributed by atoms with Gasteiger partial charge in [-0.1, -0.05) is 18.7 Å². The molecule has 0 aromatic carbocycles. The molecule has 3 rings (SSSR count). The molecule has 2 saturated heterocycles. The van der Waals surface area contributed by atoms with Gasteiger partial charge in [-0.15, -0.1) is 0 Å². The largest absolute Gasteiger partial charge is 0.459 e. The molecule has 0 aromatic rings. The molecular formula is C18H23NO5. The van der Waals surface area contributed by atoms with Crippen molar-refractivity contribution in [2.75, 3.05) is 19.7 Å². The average molecular weight is 333 g/mol. The number of allylic oxidation sites excluding steroid dienone is 1. The monoisotopic (exact) mass is 333 g/mol. The highest BCUT2D eigenvalue weighted by molar-refractivity contribution is 5.90. The van der Waals surface area contributed by atoms with Crippen molar-refractivity contribution in [3.63, 3.8) is 0 Å². The molecule has 0 bridgehead atoms. The van der Waals surface area contributed by atoms with Gasteiger partial charge in [0.1, 0.15) is 12.7 Å². The van der Waals surface area contributed by atoms with Crippen LogP contribution in [0.15, 0.2) is 35.5 Å². The maximum absolute atomic E-state index is 12.5. The molecular weight excluding hydrogens is 310 g/mol. The fourth-order valence-electron chi connectivity index (χ4n) is 3.47. The highest BCUT2D eigenvalue weighted by atomic mass is 16.6. The molecule has 0 spiro atoms. The van der Waals surface area contributed by atoms with Gasteiger partial charge in [0.25, 0.3) is 0 Å². The van der Waals surface area contributed by atoms with Gasteiger partial charge in [0.05, 0.1) is 6.04 Å². The van der Waals surface area contributed by atoms with Crippen molar-refractivity contribution in [2.45, 2.75) is 44.4 Å². The first kappa shape index (κ1) is 16.9. The lowest BCUT2D eigenvalue weighted by Crippen LogP contribution is -2.42. The maximum Gasteiger partial charge on any atom is 0.342 e. The lowest BCUT2D eigenvalue weighted by molar-refractivity contribution is -0.160. The standard InChI is InChI=1S/C18H23NO5/c1-4-12-9-11(2)18(3,22)17(21)23-10-13-5-7-19-8-6-14(15(13)19)24-16(12)20/h4-5,14-15,22H,2,6-10H2,1,3H3/t14?,15?,18-/m1/s1. The average Bonchev–Trinajstić information content (AvgIpc) is 3.12. The number of carbonyl (C=O) groups is 2. The number of aliphatic hydroxyl groups is 1. The Morgan fingerprint density at radius 2 is 2.21 bits per heavy atom. The summed E-state index contributed by atoms with van der Waals surface area (Å²) >= 11 is 0. The third-order valence-electron chi connectivity index (χ3n) is 5.14. The highest BCUT2D eigenvalue weighted by Gasteiger charge is 2.44. The van der Waals surface area contributed by atoms with Crippen LogP contribution in [0.25, 0.3) is 0 Å². The second-order valence-corrected chi connectivity index (χ2v) is 6.69. The molecule has 0 aliphatic carbocycles. The summed E-state index contributed by atoms with van der Waals surface area (Å²) in [6.07, 6.45) is 4.23. The van der Waals surface area contributed by atoms with E-state index in [1.807, 2.05) is 6.08 Å². The summed E-state index contributed by atoms with van der Waals surface area (Å²) in [5.74, 6) is -1.16. The van der Waals surface area contributed by atoms with E-state index in [1.165, 1.54) is 6.92 Å². The second-order valence-electron chi connectivity index (χ2n) is 6.69. The molecule has 24 heavy (non-hydrogen) atoms. The minimum absolute atomic E-state index is 0.0487. The number of hydrogen-bond acceptors (Lipinski definition) is 6. The maximum atomic E-state index is 12.5. The van der Waals surface area contributed by atoms with E-state index in [1.54, 1.807) is 13.0 Å². The first-order chi connectivity index (χ1) is 11.3. The summed E-state index contributed by atoms with van der Waals surface area (Å²) in [5, 5.41) is 10.5. The van der Waals surface area contributed by atoms with Crippen molar-refractivity contribution in [1.29, 1.82) is 0 Å². The van der Waals surface area contributed by atoms with E-state index in [-0.39, 0.29) is 30.7 Å². The van der Waals surface area contributed by atoms with Gasteiger partial charge in [0.15, 0.2) is 5.60 Å². The molecule has 3 atom stereocenters. The fourth-order valence-corrected chi connectivity index (χ4v) is 3.47. The van der Waals surface area contributed by atoms with Gasteiger partial charge in [-0.05, 0) is 31.4 Å². The van der Waals surface area contributed by atoms with Crippen molar-refractivity contribution >= 4 is 11.9 Å².